The lowest BCUT2D eigenvalue weighted by Crippen LogP contribution is -2.52. The Kier molecular flexibility index (Phi) is 11.5. The van der Waals surface area contributed by atoms with Crippen molar-refractivity contribution in [3.05, 3.63) is 95.6 Å². The highest BCUT2D eigenvalue weighted by Crippen LogP contribution is 2.26. The van der Waals surface area contributed by atoms with Gasteiger partial charge in [0.2, 0.25) is 11.8 Å². The first-order valence-corrected chi connectivity index (χ1v) is 15.8. The number of rotatable bonds is 14. The molecule has 220 valence electrons. The summed E-state index contributed by atoms with van der Waals surface area (Å²) in [6.07, 6.45) is 2.31. The predicted octanol–water partition coefficient (Wildman–Crippen LogP) is 5.69. The molecule has 0 aliphatic heterocycles. The summed E-state index contributed by atoms with van der Waals surface area (Å²) in [6, 6.07) is 22.8. The molecule has 1 N–H and O–H groups in total. The summed E-state index contributed by atoms with van der Waals surface area (Å²) >= 11 is 0. The van der Waals surface area contributed by atoms with E-state index in [1.165, 1.54) is 4.90 Å². The van der Waals surface area contributed by atoms with Crippen LogP contribution in [0.1, 0.15) is 63.1 Å². The summed E-state index contributed by atoms with van der Waals surface area (Å²) in [5, 5.41) is 2.92. The lowest BCUT2D eigenvalue weighted by atomic mass is 10.0. The largest absolute Gasteiger partial charge is 0.354 e. The molecule has 0 saturated heterocycles. The number of carbonyl (C=O) groups excluding carboxylic acids is 2. The Morgan fingerprint density at radius 1 is 0.878 bits per heavy atom. The van der Waals surface area contributed by atoms with E-state index in [1.54, 1.807) is 43.3 Å². The second-order valence-corrected chi connectivity index (χ2v) is 12.6. The van der Waals surface area contributed by atoms with Crippen LogP contribution in [0.15, 0.2) is 83.8 Å². The average molecular weight is 578 g/mol. The Morgan fingerprint density at radius 3 is 2.10 bits per heavy atom. The maximum absolute atomic E-state index is 14.0. The van der Waals surface area contributed by atoms with E-state index in [9.17, 15) is 18.0 Å². The molecule has 0 bridgehead atoms. The SMILES string of the molecule is CCCCNC(=O)C(C)N(CCc1ccccc1)C(=O)CN(c1ccc(C(C)C)cc1)S(=O)(=O)c1ccc(C)cc1. The van der Waals surface area contributed by atoms with E-state index in [2.05, 4.69) is 19.2 Å². The van der Waals surface area contributed by atoms with Crippen LogP contribution in [-0.2, 0) is 26.0 Å². The molecular weight excluding hydrogens is 534 g/mol. The van der Waals surface area contributed by atoms with Crippen LogP contribution in [0.4, 0.5) is 5.69 Å². The monoisotopic (exact) mass is 577 g/mol. The van der Waals surface area contributed by atoms with Crippen LogP contribution in [0.5, 0.6) is 0 Å². The van der Waals surface area contributed by atoms with Crippen molar-refractivity contribution < 1.29 is 18.0 Å². The normalized spacial score (nSPS) is 12.1. The molecular formula is C33H43N3O4S. The molecule has 8 heteroatoms. The number of aryl methyl sites for hydroxylation is 1. The molecule has 3 aromatic carbocycles. The molecule has 0 aliphatic rings. The van der Waals surface area contributed by atoms with E-state index in [-0.39, 0.29) is 23.3 Å². The van der Waals surface area contributed by atoms with Gasteiger partial charge in [0.25, 0.3) is 10.0 Å². The minimum Gasteiger partial charge on any atom is -0.354 e. The van der Waals surface area contributed by atoms with Crippen molar-refractivity contribution in [2.45, 2.75) is 70.7 Å². The Morgan fingerprint density at radius 2 is 1.51 bits per heavy atom. The third-order valence-electron chi connectivity index (χ3n) is 7.22. The highest BCUT2D eigenvalue weighted by atomic mass is 32.2. The van der Waals surface area contributed by atoms with Crippen molar-refractivity contribution in [1.82, 2.24) is 10.2 Å². The van der Waals surface area contributed by atoms with Crippen LogP contribution >= 0.6 is 0 Å². The molecule has 0 saturated carbocycles. The van der Waals surface area contributed by atoms with Gasteiger partial charge in [-0.25, -0.2) is 8.42 Å². The van der Waals surface area contributed by atoms with Gasteiger partial charge in [0, 0.05) is 13.1 Å². The van der Waals surface area contributed by atoms with E-state index < -0.39 is 28.5 Å². The van der Waals surface area contributed by atoms with Gasteiger partial charge < -0.3 is 10.2 Å². The van der Waals surface area contributed by atoms with Gasteiger partial charge in [-0.05, 0) is 68.0 Å². The van der Waals surface area contributed by atoms with Crippen LogP contribution < -0.4 is 9.62 Å². The lowest BCUT2D eigenvalue weighted by molar-refractivity contribution is -0.138. The van der Waals surface area contributed by atoms with Gasteiger partial charge in [-0.1, -0.05) is 87.4 Å². The number of nitrogens with zero attached hydrogens (tertiary/aromatic N) is 2. The van der Waals surface area contributed by atoms with Crippen LogP contribution in [0.2, 0.25) is 0 Å². The predicted molar refractivity (Wildman–Crippen MR) is 165 cm³/mol. The number of anilines is 1. The molecule has 1 unspecified atom stereocenters. The van der Waals surface area contributed by atoms with Gasteiger partial charge in [-0.2, -0.15) is 0 Å². The second-order valence-electron chi connectivity index (χ2n) is 10.7. The number of hydrogen-bond donors (Lipinski definition) is 1. The first-order chi connectivity index (χ1) is 19.5. The van der Waals surface area contributed by atoms with Crippen molar-refractivity contribution in [2.75, 3.05) is 23.9 Å². The molecule has 3 aromatic rings. The van der Waals surface area contributed by atoms with Crippen molar-refractivity contribution in [3.8, 4) is 0 Å². The number of nitrogens with one attached hydrogen (secondary N) is 1. The highest BCUT2D eigenvalue weighted by molar-refractivity contribution is 7.92. The van der Waals surface area contributed by atoms with Gasteiger partial charge in [0.1, 0.15) is 12.6 Å². The van der Waals surface area contributed by atoms with Gasteiger partial charge in [0.15, 0.2) is 0 Å². The standard InChI is InChI=1S/C33H43N3O4S/c1-6-7-22-34-33(38)27(5)35(23-21-28-11-9-8-10-12-28)32(37)24-36(30-17-15-29(16-18-30)25(2)3)41(39,40)31-19-13-26(4)14-20-31/h8-20,25,27H,6-7,21-24H2,1-5H3,(H,34,38). The molecule has 2 amide bonds. The molecule has 0 aliphatic carbocycles. The van der Waals surface area contributed by atoms with Gasteiger partial charge in [0.05, 0.1) is 10.6 Å². The topological polar surface area (TPSA) is 86.8 Å². The smallest absolute Gasteiger partial charge is 0.264 e. The first kappa shape index (κ1) is 31.9. The third kappa shape index (κ3) is 8.67. The molecule has 0 spiro atoms. The Labute approximate surface area is 245 Å². The number of hydrogen-bond acceptors (Lipinski definition) is 4. The fourth-order valence-electron chi connectivity index (χ4n) is 4.50. The fraction of sp³-hybridized carbons (Fsp3) is 0.394. The van der Waals surface area contributed by atoms with Crippen molar-refractivity contribution in [2.24, 2.45) is 0 Å². The molecule has 3 rings (SSSR count). The summed E-state index contributed by atoms with van der Waals surface area (Å²) in [4.78, 5) is 28.6. The Hall–Kier alpha value is -3.65. The van der Waals surface area contributed by atoms with E-state index >= 15 is 0 Å². The van der Waals surface area contributed by atoms with Gasteiger partial charge in [-0.3, -0.25) is 13.9 Å². The van der Waals surface area contributed by atoms with E-state index in [4.69, 9.17) is 0 Å². The lowest BCUT2D eigenvalue weighted by Gasteiger charge is -2.32. The number of unbranched alkanes of at least 4 members (excludes halogenated alkanes) is 1. The zero-order chi connectivity index (χ0) is 30.0. The van der Waals surface area contributed by atoms with Crippen molar-refractivity contribution >= 4 is 27.5 Å². The number of benzene rings is 3. The molecule has 0 radical (unpaired) electrons. The molecule has 7 nitrogen and oxygen atoms in total. The van der Waals surface area contributed by atoms with Crippen LogP contribution in [0.3, 0.4) is 0 Å². The number of carbonyl (C=O) groups is 2. The minimum atomic E-state index is -4.08. The van der Waals surface area contributed by atoms with Crippen molar-refractivity contribution in [1.29, 1.82) is 0 Å². The molecule has 0 aromatic heterocycles. The molecule has 1 atom stereocenters. The third-order valence-corrected chi connectivity index (χ3v) is 9.00. The Bertz CT molecular complexity index is 1370. The van der Waals surface area contributed by atoms with E-state index in [1.807, 2.05) is 56.3 Å². The van der Waals surface area contributed by atoms with Gasteiger partial charge >= 0.3 is 0 Å². The molecule has 0 fully saturated rings. The van der Waals surface area contributed by atoms with E-state index in [0.717, 1.165) is 33.8 Å². The van der Waals surface area contributed by atoms with Gasteiger partial charge in [-0.15, -0.1) is 0 Å². The molecule has 0 heterocycles. The molecule has 41 heavy (non-hydrogen) atoms. The highest BCUT2D eigenvalue weighted by Gasteiger charge is 2.32. The first-order valence-electron chi connectivity index (χ1n) is 14.3. The maximum atomic E-state index is 14.0. The quantitative estimate of drug-likeness (QED) is 0.250. The van der Waals surface area contributed by atoms with E-state index in [0.29, 0.717) is 18.7 Å². The Balaban J connectivity index is 1.97. The van der Waals surface area contributed by atoms with Crippen molar-refractivity contribution in [3.63, 3.8) is 0 Å². The van der Waals surface area contributed by atoms with Crippen LogP contribution in [0, 0.1) is 6.92 Å². The zero-order valence-electron chi connectivity index (χ0n) is 24.8. The maximum Gasteiger partial charge on any atom is 0.264 e. The fourth-order valence-corrected chi connectivity index (χ4v) is 5.91. The number of amides is 2. The van der Waals surface area contributed by atoms with Crippen LogP contribution in [0.25, 0.3) is 0 Å². The summed E-state index contributed by atoms with van der Waals surface area (Å²) in [5.74, 6) is -0.426. The summed E-state index contributed by atoms with van der Waals surface area (Å²) in [6.45, 7) is 10.1. The average Bonchev–Trinajstić information content (AvgIpc) is 2.96. The summed E-state index contributed by atoms with van der Waals surface area (Å²) < 4.78 is 29.1. The zero-order valence-corrected chi connectivity index (χ0v) is 25.7. The summed E-state index contributed by atoms with van der Waals surface area (Å²) in [5.41, 5.74) is 3.42. The van der Waals surface area contributed by atoms with Crippen LogP contribution in [-0.4, -0.2) is 50.8 Å². The second kappa shape index (κ2) is 14.8. The minimum absolute atomic E-state index is 0.102. The number of sulfonamides is 1. The summed E-state index contributed by atoms with van der Waals surface area (Å²) in [7, 11) is -4.08.